The zero-order chi connectivity index (χ0) is 22.4. The quantitative estimate of drug-likeness (QED) is 0.594. The minimum Gasteiger partial charge on any atom is -0.491 e. The molecule has 1 N–H and O–H groups in total. The normalized spacial score (nSPS) is 17.1. The van der Waals surface area contributed by atoms with E-state index in [1.807, 2.05) is 29.2 Å². The Morgan fingerprint density at radius 2 is 2.00 bits per heavy atom. The molecule has 170 valence electrons. The molecule has 2 unspecified atom stereocenters. The number of aliphatic hydroxyl groups excluding tert-OH is 1. The average Bonchev–Trinajstić information content (AvgIpc) is 3.20. The average molecular weight is 445 g/mol. The molecule has 0 saturated heterocycles. The first-order chi connectivity index (χ1) is 14.8. The first-order valence-corrected chi connectivity index (χ1v) is 12.2. The van der Waals surface area contributed by atoms with Crippen molar-refractivity contribution in [2.45, 2.75) is 52.7 Å². The first kappa shape index (κ1) is 23.8. The van der Waals surface area contributed by atoms with Crippen LogP contribution in [0.4, 0.5) is 0 Å². The second-order valence-corrected chi connectivity index (χ2v) is 10.0. The summed E-state index contributed by atoms with van der Waals surface area (Å²) >= 11 is 1.76. The van der Waals surface area contributed by atoms with Crippen LogP contribution in [-0.4, -0.2) is 59.7 Å². The van der Waals surface area contributed by atoms with E-state index in [-0.39, 0.29) is 11.9 Å². The highest BCUT2D eigenvalue weighted by molar-refractivity contribution is 7.10. The van der Waals surface area contributed by atoms with Crippen LogP contribution in [0.1, 0.15) is 49.2 Å². The number of hydrogen-bond donors (Lipinski definition) is 1. The third-order valence-electron chi connectivity index (χ3n) is 5.75. The molecule has 1 aromatic carbocycles. The van der Waals surface area contributed by atoms with Crippen LogP contribution in [0.5, 0.6) is 5.75 Å². The number of carbonyl (C=O) groups excluding carboxylic acids is 1. The van der Waals surface area contributed by atoms with Crippen LogP contribution >= 0.6 is 11.3 Å². The molecule has 5 nitrogen and oxygen atoms in total. The fourth-order valence-electron chi connectivity index (χ4n) is 4.02. The molecule has 2 heterocycles. The molecule has 6 heteroatoms. The molecule has 0 fully saturated rings. The Hall–Kier alpha value is -1.89. The lowest BCUT2D eigenvalue weighted by Gasteiger charge is -2.37. The molecule has 2 atom stereocenters. The van der Waals surface area contributed by atoms with Crippen LogP contribution in [-0.2, 0) is 11.2 Å². The number of benzene rings is 1. The minimum absolute atomic E-state index is 0.0812. The van der Waals surface area contributed by atoms with E-state index < -0.39 is 6.10 Å². The molecule has 0 aliphatic carbocycles. The van der Waals surface area contributed by atoms with Crippen LogP contribution in [0.15, 0.2) is 35.7 Å². The molecule has 0 bridgehead atoms. The maximum absolute atomic E-state index is 13.4. The van der Waals surface area contributed by atoms with Crippen molar-refractivity contribution in [1.82, 2.24) is 9.80 Å². The molecule has 3 rings (SSSR count). The van der Waals surface area contributed by atoms with Gasteiger partial charge in [-0.15, -0.1) is 11.3 Å². The van der Waals surface area contributed by atoms with Crippen LogP contribution in [0.2, 0.25) is 0 Å². The summed E-state index contributed by atoms with van der Waals surface area (Å²) in [6, 6.07) is 10.1. The van der Waals surface area contributed by atoms with E-state index in [1.54, 1.807) is 18.3 Å². The lowest BCUT2D eigenvalue weighted by Crippen LogP contribution is -2.47. The van der Waals surface area contributed by atoms with Crippen molar-refractivity contribution in [2.24, 2.45) is 5.92 Å². The number of carbonyl (C=O) groups is 1. The number of aliphatic hydroxyl groups is 1. The number of rotatable bonds is 10. The molecule has 0 radical (unpaired) electrons. The van der Waals surface area contributed by atoms with Crippen molar-refractivity contribution in [3.8, 4) is 5.75 Å². The van der Waals surface area contributed by atoms with Crippen molar-refractivity contribution in [3.05, 3.63) is 51.7 Å². The Morgan fingerprint density at radius 1 is 1.26 bits per heavy atom. The van der Waals surface area contributed by atoms with Gasteiger partial charge in [-0.25, -0.2) is 0 Å². The summed E-state index contributed by atoms with van der Waals surface area (Å²) in [5.74, 6) is 1.50. The molecule has 0 spiro atoms. The number of nitrogens with zero attached hydrogens (tertiary/aromatic N) is 2. The Labute approximate surface area is 190 Å². The van der Waals surface area contributed by atoms with Crippen LogP contribution in [0, 0.1) is 12.8 Å². The highest BCUT2D eigenvalue weighted by atomic mass is 32.1. The summed E-state index contributed by atoms with van der Waals surface area (Å²) in [4.78, 5) is 18.8. The van der Waals surface area contributed by atoms with Crippen molar-refractivity contribution in [2.75, 3.05) is 32.8 Å². The smallest absolute Gasteiger partial charge is 0.237 e. The van der Waals surface area contributed by atoms with Gasteiger partial charge in [-0.3, -0.25) is 9.69 Å². The van der Waals surface area contributed by atoms with E-state index in [4.69, 9.17) is 4.74 Å². The molecule has 1 amide bonds. The fraction of sp³-hybridized carbons (Fsp3) is 0.560. The topological polar surface area (TPSA) is 53.0 Å². The number of thiophene rings is 1. The van der Waals surface area contributed by atoms with Gasteiger partial charge in [-0.05, 0) is 68.3 Å². The van der Waals surface area contributed by atoms with Gasteiger partial charge in [0, 0.05) is 18.0 Å². The summed E-state index contributed by atoms with van der Waals surface area (Å²) in [7, 11) is 0. The number of fused-ring (bicyclic) bond motifs is 1. The standard InChI is InChI=1S/C25H36N2O3S/c1-18(2)9-12-26(15-20(4)28)16-25(29)27-13-10-24-22(11-14-31-24)23(27)17-30-21-7-5-19(3)6-8-21/h5-8,11,14,18,20,23,28H,9-10,12-13,15-17H2,1-4H3. The molecule has 1 aliphatic rings. The number of amides is 1. The van der Waals surface area contributed by atoms with Gasteiger partial charge in [-0.1, -0.05) is 31.5 Å². The summed E-state index contributed by atoms with van der Waals surface area (Å²) in [5.41, 5.74) is 2.41. The summed E-state index contributed by atoms with van der Waals surface area (Å²) < 4.78 is 6.11. The molecular weight excluding hydrogens is 408 g/mol. The fourth-order valence-corrected chi connectivity index (χ4v) is 4.94. The second kappa shape index (κ2) is 11.1. The van der Waals surface area contributed by atoms with Gasteiger partial charge < -0.3 is 14.7 Å². The van der Waals surface area contributed by atoms with Gasteiger partial charge in [0.05, 0.1) is 18.7 Å². The van der Waals surface area contributed by atoms with E-state index in [0.717, 1.165) is 25.1 Å². The molecule has 1 aliphatic heterocycles. The van der Waals surface area contributed by atoms with Gasteiger partial charge in [-0.2, -0.15) is 0 Å². The third kappa shape index (κ3) is 6.79. The van der Waals surface area contributed by atoms with Gasteiger partial charge in [0.15, 0.2) is 0 Å². The minimum atomic E-state index is -0.453. The molecular formula is C25H36N2O3S. The number of aryl methyl sites for hydroxylation is 1. The highest BCUT2D eigenvalue weighted by Crippen LogP contribution is 2.34. The molecule has 2 aromatic rings. The van der Waals surface area contributed by atoms with Gasteiger partial charge in [0.1, 0.15) is 12.4 Å². The number of hydrogen-bond acceptors (Lipinski definition) is 5. The largest absolute Gasteiger partial charge is 0.491 e. The lowest BCUT2D eigenvalue weighted by molar-refractivity contribution is -0.136. The predicted octanol–water partition coefficient (Wildman–Crippen LogP) is 4.29. The Balaban J connectivity index is 1.71. The predicted molar refractivity (Wildman–Crippen MR) is 127 cm³/mol. The Morgan fingerprint density at radius 3 is 2.68 bits per heavy atom. The van der Waals surface area contributed by atoms with Crippen LogP contribution in [0.25, 0.3) is 0 Å². The van der Waals surface area contributed by atoms with Crippen LogP contribution in [0.3, 0.4) is 0 Å². The van der Waals surface area contributed by atoms with Crippen molar-refractivity contribution in [3.63, 3.8) is 0 Å². The maximum Gasteiger partial charge on any atom is 0.237 e. The summed E-state index contributed by atoms with van der Waals surface area (Å²) in [6.45, 7) is 11.0. The van der Waals surface area contributed by atoms with E-state index >= 15 is 0 Å². The van der Waals surface area contributed by atoms with E-state index in [9.17, 15) is 9.90 Å². The van der Waals surface area contributed by atoms with Crippen molar-refractivity contribution in [1.29, 1.82) is 0 Å². The van der Waals surface area contributed by atoms with Crippen molar-refractivity contribution >= 4 is 17.2 Å². The zero-order valence-electron chi connectivity index (χ0n) is 19.2. The zero-order valence-corrected chi connectivity index (χ0v) is 20.0. The monoisotopic (exact) mass is 444 g/mol. The third-order valence-corrected chi connectivity index (χ3v) is 6.74. The molecule has 1 aromatic heterocycles. The summed E-state index contributed by atoms with van der Waals surface area (Å²) in [5, 5.41) is 12.0. The maximum atomic E-state index is 13.4. The Kier molecular flexibility index (Phi) is 8.52. The SMILES string of the molecule is Cc1ccc(OCC2c3ccsc3CCN2C(=O)CN(CCC(C)C)CC(C)O)cc1. The van der Waals surface area contributed by atoms with Crippen molar-refractivity contribution < 1.29 is 14.6 Å². The number of ether oxygens (including phenoxy) is 1. The van der Waals surface area contributed by atoms with Gasteiger partial charge in [0.2, 0.25) is 5.91 Å². The Bertz CT molecular complexity index is 832. The second-order valence-electron chi connectivity index (χ2n) is 9.04. The van der Waals surface area contributed by atoms with E-state index in [0.29, 0.717) is 32.2 Å². The lowest BCUT2D eigenvalue weighted by atomic mass is 10.00. The molecule has 31 heavy (non-hydrogen) atoms. The van der Waals surface area contributed by atoms with Crippen LogP contribution < -0.4 is 4.74 Å². The van der Waals surface area contributed by atoms with E-state index in [1.165, 1.54) is 16.0 Å². The highest BCUT2D eigenvalue weighted by Gasteiger charge is 2.33. The van der Waals surface area contributed by atoms with Gasteiger partial charge >= 0.3 is 0 Å². The summed E-state index contributed by atoms with van der Waals surface area (Å²) in [6.07, 6.45) is 1.45. The first-order valence-electron chi connectivity index (χ1n) is 11.3. The van der Waals surface area contributed by atoms with Gasteiger partial charge in [0.25, 0.3) is 0 Å². The molecule has 0 saturated carbocycles. The van der Waals surface area contributed by atoms with E-state index in [2.05, 4.69) is 37.1 Å².